The summed E-state index contributed by atoms with van der Waals surface area (Å²) in [5.74, 6) is 0.746. The van der Waals surface area contributed by atoms with Crippen molar-refractivity contribution in [3.8, 4) is 5.75 Å². The molecule has 0 saturated carbocycles. The van der Waals surface area contributed by atoms with Crippen molar-refractivity contribution in [2.75, 3.05) is 13.7 Å². The van der Waals surface area contributed by atoms with Gasteiger partial charge in [0.1, 0.15) is 12.4 Å². The highest BCUT2D eigenvalue weighted by molar-refractivity contribution is 5.68. The molecule has 5 heteroatoms. The van der Waals surface area contributed by atoms with Crippen molar-refractivity contribution in [3.05, 3.63) is 102 Å². The summed E-state index contributed by atoms with van der Waals surface area (Å²) in [6.07, 6.45) is -1.01. The van der Waals surface area contributed by atoms with Crippen LogP contribution < -0.4 is 4.74 Å². The van der Waals surface area contributed by atoms with Crippen LogP contribution in [0, 0.1) is 0 Å². The molecule has 3 rings (SSSR count). The number of nitrogens with zero attached hydrogens (tertiary/aromatic N) is 1. The van der Waals surface area contributed by atoms with Crippen molar-refractivity contribution in [2.45, 2.75) is 26.3 Å². The second-order valence-corrected chi connectivity index (χ2v) is 6.73. The Hall–Kier alpha value is -3.31. The molecule has 0 spiro atoms. The van der Waals surface area contributed by atoms with Crippen molar-refractivity contribution >= 4 is 6.09 Å². The summed E-state index contributed by atoms with van der Waals surface area (Å²) in [5.41, 5.74) is 2.78. The molecule has 1 atom stereocenters. The zero-order valence-electron chi connectivity index (χ0n) is 17.4. The number of hydrogen-bond donors (Lipinski definition) is 0. The highest BCUT2D eigenvalue weighted by Crippen LogP contribution is 2.27. The first-order valence-electron chi connectivity index (χ1n) is 9.98. The predicted molar refractivity (Wildman–Crippen MR) is 116 cm³/mol. The Morgan fingerprint density at radius 3 is 2.03 bits per heavy atom. The van der Waals surface area contributed by atoms with E-state index in [2.05, 4.69) is 0 Å². The summed E-state index contributed by atoms with van der Waals surface area (Å²) in [6, 6.07) is 27.0. The number of carbonyl (C=O) groups excluding carboxylic acids is 1. The molecule has 0 heterocycles. The first kappa shape index (κ1) is 21.4. The van der Waals surface area contributed by atoms with E-state index in [0.29, 0.717) is 13.2 Å². The average Bonchev–Trinajstić information content (AvgIpc) is 2.81. The Kier molecular flexibility index (Phi) is 7.86. The molecule has 0 aliphatic rings. The van der Waals surface area contributed by atoms with Crippen molar-refractivity contribution in [1.82, 2.24) is 4.90 Å². The zero-order chi connectivity index (χ0) is 21.2. The maximum Gasteiger partial charge on any atom is 0.412 e. The minimum absolute atomic E-state index is 0.201. The number of methoxy groups -OCH3 is 1. The van der Waals surface area contributed by atoms with Crippen LogP contribution in [0.5, 0.6) is 5.75 Å². The number of rotatable bonds is 9. The number of hydrogen-bond acceptors (Lipinski definition) is 4. The van der Waals surface area contributed by atoms with Gasteiger partial charge in [-0.05, 0) is 30.2 Å². The largest absolute Gasteiger partial charge is 0.497 e. The van der Waals surface area contributed by atoms with Gasteiger partial charge in [-0.15, -0.1) is 0 Å². The fourth-order valence-corrected chi connectivity index (χ4v) is 3.12. The minimum atomic E-state index is -0.579. The number of benzene rings is 3. The first-order chi connectivity index (χ1) is 14.7. The van der Waals surface area contributed by atoms with Crippen LogP contribution in [0.25, 0.3) is 0 Å². The summed E-state index contributed by atoms with van der Waals surface area (Å²) in [4.78, 5) is 14.7. The van der Waals surface area contributed by atoms with E-state index in [-0.39, 0.29) is 6.61 Å². The van der Waals surface area contributed by atoms with Gasteiger partial charge in [-0.3, -0.25) is 4.90 Å². The third-order valence-corrected chi connectivity index (χ3v) is 4.64. The lowest BCUT2D eigenvalue weighted by molar-refractivity contribution is -0.0569. The molecule has 30 heavy (non-hydrogen) atoms. The molecule has 1 unspecified atom stereocenters. The van der Waals surface area contributed by atoms with Gasteiger partial charge in [0.05, 0.1) is 13.7 Å². The Bertz CT molecular complexity index is 897. The SMILES string of the molecule is CCOC(c1ccc(OC)cc1)N(Cc1ccccc1)C(=O)OCc1ccccc1. The van der Waals surface area contributed by atoms with Gasteiger partial charge < -0.3 is 14.2 Å². The maximum atomic E-state index is 13.1. The van der Waals surface area contributed by atoms with Gasteiger partial charge in [-0.1, -0.05) is 72.8 Å². The fraction of sp³-hybridized carbons (Fsp3) is 0.240. The minimum Gasteiger partial charge on any atom is -0.497 e. The van der Waals surface area contributed by atoms with Crippen LogP contribution in [0.2, 0.25) is 0 Å². The van der Waals surface area contributed by atoms with Gasteiger partial charge >= 0.3 is 6.09 Å². The van der Waals surface area contributed by atoms with Gasteiger partial charge in [-0.25, -0.2) is 4.79 Å². The molecule has 0 aliphatic heterocycles. The van der Waals surface area contributed by atoms with E-state index < -0.39 is 12.3 Å². The summed E-state index contributed by atoms with van der Waals surface area (Å²) in [6.45, 7) is 2.93. The summed E-state index contributed by atoms with van der Waals surface area (Å²) >= 11 is 0. The van der Waals surface area contributed by atoms with Gasteiger partial charge in [0.15, 0.2) is 6.23 Å². The highest BCUT2D eigenvalue weighted by Gasteiger charge is 2.27. The van der Waals surface area contributed by atoms with Gasteiger partial charge in [0, 0.05) is 12.2 Å². The Morgan fingerprint density at radius 2 is 1.47 bits per heavy atom. The van der Waals surface area contributed by atoms with Gasteiger partial charge in [0.2, 0.25) is 0 Å². The second-order valence-electron chi connectivity index (χ2n) is 6.73. The quantitative estimate of drug-likeness (QED) is 0.437. The molecule has 0 radical (unpaired) electrons. The third-order valence-electron chi connectivity index (χ3n) is 4.64. The molecule has 0 fully saturated rings. The average molecular weight is 405 g/mol. The smallest absolute Gasteiger partial charge is 0.412 e. The van der Waals surface area contributed by atoms with E-state index in [1.165, 1.54) is 0 Å². The van der Waals surface area contributed by atoms with E-state index in [9.17, 15) is 4.79 Å². The van der Waals surface area contributed by atoms with Crippen LogP contribution in [-0.2, 0) is 22.6 Å². The van der Waals surface area contributed by atoms with Crippen molar-refractivity contribution in [2.24, 2.45) is 0 Å². The molecule has 3 aromatic carbocycles. The van der Waals surface area contributed by atoms with Crippen LogP contribution in [0.4, 0.5) is 4.79 Å². The van der Waals surface area contributed by atoms with Crippen molar-refractivity contribution in [3.63, 3.8) is 0 Å². The van der Waals surface area contributed by atoms with E-state index in [4.69, 9.17) is 14.2 Å². The standard InChI is InChI=1S/C25H27NO4/c1-3-29-24(22-14-16-23(28-2)17-15-22)26(18-20-10-6-4-7-11-20)25(27)30-19-21-12-8-5-9-13-21/h4-17,24H,3,18-19H2,1-2H3. The predicted octanol–water partition coefficient (Wildman–Crippen LogP) is 5.57. The van der Waals surface area contributed by atoms with E-state index in [1.54, 1.807) is 12.0 Å². The molecule has 156 valence electrons. The maximum absolute atomic E-state index is 13.1. The molecule has 1 amide bonds. The van der Waals surface area contributed by atoms with Crippen LogP contribution >= 0.6 is 0 Å². The molecule has 0 N–H and O–H groups in total. The second kappa shape index (κ2) is 11.0. The lowest BCUT2D eigenvalue weighted by Gasteiger charge is -2.31. The molecule has 0 aliphatic carbocycles. The normalized spacial score (nSPS) is 11.5. The zero-order valence-corrected chi connectivity index (χ0v) is 17.4. The Balaban J connectivity index is 1.85. The molecule has 0 bridgehead atoms. The number of amides is 1. The molecule has 0 saturated heterocycles. The van der Waals surface area contributed by atoms with Gasteiger partial charge in [-0.2, -0.15) is 0 Å². The molecular formula is C25H27NO4. The Morgan fingerprint density at radius 1 is 0.867 bits per heavy atom. The summed E-state index contributed by atoms with van der Waals surface area (Å²) in [7, 11) is 1.62. The number of ether oxygens (including phenoxy) is 3. The lowest BCUT2D eigenvalue weighted by atomic mass is 10.1. The summed E-state index contributed by atoms with van der Waals surface area (Å²) in [5, 5.41) is 0. The third kappa shape index (κ3) is 5.84. The van der Waals surface area contributed by atoms with E-state index in [0.717, 1.165) is 22.4 Å². The van der Waals surface area contributed by atoms with Gasteiger partial charge in [0.25, 0.3) is 0 Å². The van der Waals surface area contributed by atoms with Crippen LogP contribution in [-0.4, -0.2) is 24.7 Å². The highest BCUT2D eigenvalue weighted by atomic mass is 16.6. The first-order valence-corrected chi connectivity index (χ1v) is 9.98. The van der Waals surface area contributed by atoms with E-state index in [1.807, 2.05) is 91.9 Å². The van der Waals surface area contributed by atoms with Crippen molar-refractivity contribution in [1.29, 1.82) is 0 Å². The molecule has 5 nitrogen and oxygen atoms in total. The molecular weight excluding hydrogens is 378 g/mol. The Labute approximate surface area is 177 Å². The van der Waals surface area contributed by atoms with Crippen molar-refractivity contribution < 1.29 is 19.0 Å². The number of carbonyl (C=O) groups is 1. The molecule has 3 aromatic rings. The topological polar surface area (TPSA) is 48.0 Å². The summed E-state index contributed by atoms with van der Waals surface area (Å²) < 4.78 is 16.9. The van der Waals surface area contributed by atoms with Crippen LogP contribution in [0.1, 0.15) is 29.8 Å². The monoisotopic (exact) mass is 405 g/mol. The van der Waals surface area contributed by atoms with E-state index >= 15 is 0 Å². The molecule has 0 aromatic heterocycles. The fourth-order valence-electron chi connectivity index (χ4n) is 3.12. The lowest BCUT2D eigenvalue weighted by Crippen LogP contribution is -2.36. The van der Waals surface area contributed by atoms with Crippen LogP contribution in [0.15, 0.2) is 84.9 Å². The van der Waals surface area contributed by atoms with Crippen LogP contribution in [0.3, 0.4) is 0 Å².